The van der Waals surface area contributed by atoms with Crippen LogP contribution in [-0.4, -0.2) is 71.6 Å². The highest BCUT2D eigenvalue weighted by molar-refractivity contribution is 5.95. The number of aryl methyl sites for hydroxylation is 1. The Morgan fingerprint density at radius 3 is 2.64 bits per heavy atom. The second-order valence-electron chi connectivity index (χ2n) is 5.76. The Hall–Kier alpha value is -2.22. The molecule has 1 aliphatic heterocycles. The van der Waals surface area contributed by atoms with E-state index >= 15 is 0 Å². The minimum Gasteiger partial charge on any atom is -0.480 e. The summed E-state index contributed by atoms with van der Waals surface area (Å²) in [6.45, 7) is 2.27. The lowest BCUT2D eigenvalue weighted by molar-refractivity contribution is -0.141. The molecule has 0 spiro atoms. The van der Waals surface area contributed by atoms with Gasteiger partial charge in [0.05, 0.1) is 11.3 Å². The fraction of sp³-hybridized carbons (Fsp3) is 0.571. The number of nitrogens with zero attached hydrogens (tertiary/aromatic N) is 4. The summed E-state index contributed by atoms with van der Waals surface area (Å²) in [6, 6.07) is -0.745. The van der Waals surface area contributed by atoms with Gasteiger partial charge in [-0.05, 0) is 20.4 Å². The minimum atomic E-state index is -0.867. The lowest BCUT2D eigenvalue weighted by atomic mass is 10.1. The maximum Gasteiger partial charge on any atom is 0.320 e. The molecule has 8 nitrogen and oxygen atoms in total. The van der Waals surface area contributed by atoms with Crippen LogP contribution in [0.5, 0.6) is 0 Å². The number of rotatable bonds is 4. The van der Waals surface area contributed by atoms with Crippen molar-refractivity contribution >= 4 is 17.8 Å². The number of amides is 1. The summed E-state index contributed by atoms with van der Waals surface area (Å²) in [7, 11) is 5.40. The first-order chi connectivity index (χ1) is 10.3. The van der Waals surface area contributed by atoms with Crippen LogP contribution in [0.2, 0.25) is 0 Å². The van der Waals surface area contributed by atoms with Crippen molar-refractivity contribution in [3.8, 4) is 0 Å². The summed E-state index contributed by atoms with van der Waals surface area (Å²) in [5.74, 6) is -0.595. The summed E-state index contributed by atoms with van der Waals surface area (Å²) in [6.07, 6.45) is 1.90. The van der Waals surface area contributed by atoms with Crippen LogP contribution < -0.4 is 10.2 Å². The molecule has 1 saturated heterocycles. The molecule has 2 heterocycles. The van der Waals surface area contributed by atoms with Crippen LogP contribution >= 0.6 is 0 Å². The van der Waals surface area contributed by atoms with Crippen molar-refractivity contribution in [2.45, 2.75) is 25.4 Å². The first-order valence-electron chi connectivity index (χ1n) is 7.04. The van der Waals surface area contributed by atoms with E-state index < -0.39 is 12.0 Å². The molecule has 120 valence electrons. The fourth-order valence-electron chi connectivity index (χ4n) is 2.55. The van der Waals surface area contributed by atoms with Gasteiger partial charge in [0, 0.05) is 32.9 Å². The molecule has 1 aromatic heterocycles. The maximum atomic E-state index is 12.3. The number of likely N-dealkylation sites (tertiary alicyclic amines) is 1. The first kappa shape index (κ1) is 16.2. The number of aliphatic carboxylic acids is 1. The Balaban J connectivity index is 2.06. The lowest BCUT2D eigenvalue weighted by Crippen LogP contribution is -2.37. The second kappa shape index (κ2) is 6.27. The highest BCUT2D eigenvalue weighted by Crippen LogP contribution is 2.17. The van der Waals surface area contributed by atoms with E-state index in [1.807, 2.05) is 14.1 Å². The summed E-state index contributed by atoms with van der Waals surface area (Å²) in [4.78, 5) is 35.3. The molecule has 0 aliphatic carbocycles. The number of carbonyl (C=O) groups is 2. The van der Waals surface area contributed by atoms with Gasteiger partial charge in [0.15, 0.2) is 0 Å². The summed E-state index contributed by atoms with van der Waals surface area (Å²) in [5, 5.41) is 12.0. The third kappa shape index (κ3) is 3.33. The van der Waals surface area contributed by atoms with Gasteiger partial charge in [-0.1, -0.05) is 0 Å². The van der Waals surface area contributed by atoms with E-state index in [-0.39, 0.29) is 11.9 Å². The highest BCUT2D eigenvalue weighted by Gasteiger charge is 2.35. The van der Waals surface area contributed by atoms with E-state index in [1.54, 1.807) is 23.8 Å². The molecule has 2 rings (SSSR count). The van der Waals surface area contributed by atoms with Gasteiger partial charge < -0.3 is 15.3 Å². The molecule has 8 heteroatoms. The molecular weight excluding hydrogens is 286 g/mol. The monoisotopic (exact) mass is 307 g/mol. The van der Waals surface area contributed by atoms with E-state index in [4.69, 9.17) is 5.11 Å². The number of likely N-dealkylation sites (N-methyl/N-ethyl adjacent to an activating group) is 1. The van der Waals surface area contributed by atoms with Crippen molar-refractivity contribution in [3.63, 3.8) is 0 Å². The van der Waals surface area contributed by atoms with Crippen molar-refractivity contribution in [1.82, 2.24) is 20.2 Å². The predicted molar refractivity (Wildman–Crippen MR) is 81.0 cm³/mol. The van der Waals surface area contributed by atoms with Crippen molar-refractivity contribution in [2.75, 3.05) is 32.6 Å². The second-order valence-corrected chi connectivity index (χ2v) is 5.76. The molecule has 1 fully saturated rings. The van der Waals surface area contributed by atoms with Crippen molar-refractivity contribution in [3.05, 3.63) is 17.5 Å². The Morgan fingerprint density at radius 1 is 1.45 bits per heavy atom. The zero-order chi connectivity index (χ0) is 16.4. The largest absolute Gasteiger partial charge is 0.480 e. The van der Waals surface area contributed by atoms with Crippen LogP contribution in [0.15, 0.2) is 6.20 Å². The third-order valence-electron chi connectivity index (χ3n) is 3.78. The highest BCUT2D eigenvalue weighted by atomic mass is 16.4. The van der Waals surface area contributed by atoms with Gasteiger partial charge in [-0.3, -0.25) is 14.5 Å². The van der Waals surface area contributed by atoms with Gasteiger partial charge in [0.2, 0.25) is 5.95 Å². The Morgan fingerprint density at radius 2 is 2.14 bits per heavy atom. The normalized spacial score (nSPS) is 21.6. The number of hydrogen-bond donors (Lipinski definition) is 2. The molecule has 0 aromatic carbocycles. The minimum absolute atomic E-state index is 0.188. The van der Waals surface area contributed by atoms with Gasteiger partial charge in [-0.15, -0.1) is 0 Å². The molecule has 0 unspecified atom stereocenters. The van der Waals surface area contributed by atoms with E-state index in [9.17, 15) is 9.59 Å². The van der Waals surface area contributed by atoms with E-state index in [1.165, 1.54) is 6.20 Å². The third-order valence-corrected chi connectivity index (χ3v) is 3.78. The molecule has 2 N–H and O–H groups in total. The number of carbonyl (C=O) groups excluding carboxylic acids is 1. The van der Waals surface area contributed by atoms with Gasteiger partial charge >= 0.3 is 5.97 Å². The Kier molecular flexibility index (Phi) is 4.60. The molecule has 1 amide bonds. The topological polar surface area (TPSA) is 98.7 Å². The van der Waals surface area contributed by atoms with E-state index in [0.717, 1.165) is 0 Å². The Bertz CT molecular complexity index is 590. The number of anilines is 1. The van der Waals surface area contributed by atoms with Crippen LogP contribution in [0.4, 0.5) is 5.95 Å². The molecular formula is C14H21N5O3. The molecule has 1 aliphatic rings. The predicted octanol–water partition coefficient (Wildman–Crippen LogP) is -0.262. The molecule has 0 saturated carbocycles. The van der Waals surface area contributed by atoms with E-state index in [0.29, 0.717) is 30.2 Å². The summed E-state index contributed by atoms with van der Waals surface area (Å²) >= 11 is 0. The number of aromatic nitrogens is 2. The number of nitrogens with one attached hydrogen (secondary N) is 1. The Labute approximate surface area is 129 Å². The first-order valence-corrected chi connectivity index (χ1v) is 7.04. The van der Waals surface area contributed by atoms with Crippen LogP contribution in [0.25, 0.3) is 0 Å². The average Bonchev–Trinajstić information content (AvgIpc) is 2.79. The van der Waals surface area contributed by atoms with Gasteiger partial charge in [-0.25, -0.2) is 9.97 Å². The zero-order valence-electron chi connectivity index (χ0n) is 13.2. The molecule has 0 bridgehead atoms. The average molecular weight is 307 g/mol. The van der Waals surface area contributed by atoms with Crippen LogP contribution in [0, 0.1) is 6.92 Å². The number of hydrogen-bond acceptors (Lipinski definition) is 6. The maximum absolute atomic E-state index is 12.3. The summed E-state index contributed by atoms with van der Waals surface area (Å²) < 4.78 is 0. The summed E-state index contributed by atoms with van der Waals surface area (Å²) in [5.41, 5.74) is 1.00. The SMILES string of the molecule is Cc1nc(N(C)C)ncc1C(=O)N[C@H]1C[C@@H](C(=O)O)N(C)C1. The number of carboxylic acids is 1. The van der Waals surface area contributed by atoms with Gasteiger partial charge in [-0.2, -0.15) is 0 Å². The van der Waals surface area contributed by atoms with Crippen LogP contribution in [0.3, 0.4) is 0 Å². The van der Waals surface area contributed by atoms with Crippen molar-refractivity contribution in [2.24, 2.45) is 0 Å². The lowest BCUT2D eigenvalue weighted by Gasteiger charge is -2.15. The standard InChI is InChI=1S/C14H21N5O3/c1-8-10(6-15-14(16-8)18(2)3)12(20)17-9-5-11(13(21)22)19(4)7-9/h6,9,11H,5,7H2,1-4H3,(H,17,20)(H,21,22)/t9-,11-/m0/s1. The smallest absolute Gasteiger partial charge is 0.320 e. The zero-order valence-corrected chi connectivity index (χ0v) is 13.2. The number of carboxylic acid groups (broad SMARTS) is 1. The van der Waals surface area contributed by atoms with Gasteiger partial charge in [0.25, 0.3) is 5.91 Å². The fourth-order valence-corrected chi connectivity index (χ4v) is 2.55. The quantitative estimate of drug-likeness (QED) is 0.790. The van der Waals surface area contributed by atoms with Crippen LogP contribution in [-0.2, 0) is 4.79 Å². The molecule has 1 aromatic rings. The van der Waals surface area contributed by atoms with Crippen molar-refractivity contribution in [1.29, 1.82) is 0 Å². The van der Waals surface area contributed by atoms with E-state index in [2.05, 4.69) is 15.3 Å². The molecule has 0 radical (unpaired) electrons. The molecule has 2 atom stereocenters. The molecule has 22 heavy (non-hydrogen) atoms. The van der Waals surface area contributed by atoms with Crippen molar-refractivity contribution < 1.29 is 14.7 Å². The van der Waals surface area contributed by atoms with Crippen LogP contribution in [0.1, 0.15) is 22.5 Å². The van der Waals surface area contributed by atoms with Gasteiger partial charge in [0.1, 0.15) is 6.04 Å².